The first-order valence-corrected chi connectivity index (χ1v) is 7.65. The van der Waals surface area contributed by atoms with E-state index in [0.29, 0.717) is 10.8 Å². The molecule has 22 heavy (non-hydrogen) atoms. The zero-order valence-corrected chi connectivity index (χ0v) is 13.8. The van der Waals surface area contributed by atoms with Crippen molar-refractivity contribution in [3.8, 4) is 0 Å². The molecule has 0 fully saturated rings. The summed E-state index contributed by atoms with van der Waals surface area (Å²) in [5.41, 5.74) is 1.59. The van der Waals surface area contributed by atoms with Gasteiger partial charge in [0.15, 0.2) is 5.11 Å². The summed E-state index contributed by atoms with van der Waals surface area (Å²) < 4.78 is 13.3. The number of benzene rings is 1. The van der Waals surface area contributed by atoms with E-state index < -0.39 is 0 Å². The van der Waals surface area contributed by atoms with Crippen LogP contribution in [-0.4, -0.2) is 21.0 Å². The molecule has 2 rings (SSSR count). The van der Waals surface area contributed by atoms with Gasteiger partial charge < -0.3 is 10.2 Å². The van der Waals surface area contributed by atoms with E-state index in [1.54, 1.807) is 18.3 Å². The number of thiocarbonyl (C=S) groups is 1. The second-order valence-electron chi connectivity index (χ2n) is 5.37. The molecule has 3 nitrogen and oxygen atoms in total. The van der Waals surface area contributed by atoms with Crippen molar-refractivity contribution in [3.05, 3.63) is 60.2 Å². The van der Waals surface area contributed by atoms with Crippen LogP contribution in [0.25, 0.3) is 0 Å². The largest absolute Gasteiger partial charge is 0.338 e. The van der Waals surface area contributed by atoms with Gasteiger partial charge in [0.05, 0.1) is 11.7 Å². The number of hydrogen-bond donors (Lipinski definition) is 1. The monoisotopic (exact) mass is 317 g/mol. The lowest BCUT2D eigenvalue weighted by Crippen LogP contribution is -2.41. The van der Waals surface area contributed by atoms with Gasteiger partial charge in [-0.2, -0.15) is 0 Å². The Morgan fingerprint density at radius 2 is 1.95 bits per heavy atom. The standard InChI is InChI=1S/C17H20FN3S/c1-12(2)21(13(3)16-9-4-5-10-19-16)17(22)20-15-8-6-7-14(18)11-15/h4-13H,1-3H3,(H,20,22). The Bertz CT molecular complexity index is 631. The van der Waals surface area contributed by atoms with Crippen LogP contribution in [0.1, 0.15) is 32.5 Å². The molecule has 1 aromatic heterocycles. The van der Waals surface area contributed by atoms with Gasteiger partial charge in [-0.05, 0) is 63.3 Å². The molecule has 0 aliphatic carbocycles. The summed E-state index contributed by atoms with van der Waals surface area (Å²) in [7, 11) is 0. The molecule has 0 bridgehead atoms. The van der Waals surface area contributed by atoms with Crippen molar-refractivity contribution < 1.29 is 4.39 Å². The number of pyridine rings is 1. The molecular formula is C17H20FN3S. The van der Waals surface area contributed by atoms with Crippen molar-refractivity contribution >= 4 is 23.0 Å². The Kier molecular flexibility index (Phi) is 5.44. The van der Waals surface area contributed by atoms with Crippen LogP contribution in [0.2, 0.25) is 0 Å². The topological polar surface area (TPSA) is 28.2 Å². The first-order chi connectivity index (χ1) is 10.5. The highest BCUT2D eigenvalue weighted by Gasteiger charge is 2.22. The van der Waals surface area contributed by atoms with Gasteiger partial charge in [-0.15, -0.1) is 0 Å². The lowest BCUT2D eigenvalue weighted by Gasteiger charge is -2.35. The van der Waals surface area contributed by atoms with E-state index in [1.807, 2.05) is 18.2 Å². The molecule has 0 amide bonds. The maximum Gasteiger partial charge on any atom is 0.174 e. The second kappa shape index (κ2) is 7.31. The Hall–Kier alpha value is -2.01. The van der Waals surface area contributed by atoms with Crippen LogP contribution in [0.4, 0.5) is 10.1 Å². The molecule has 0 saturated carbocycles. The van der Waals surface area contributed by atoms with Crippen molar-refractivity contribution in [2.24, 2.45) is 0 Å². The first kappa shape index (κ1) is 16.4. The van der Waals surface area contributed by atoms with Crippen LogP contribution in [0.5, 0.6) is 0 Å². The second-order valence-corrected chi connectivity index (χ2v) is 5.76. The Morgan fingerprint density at radius 3 is 2.55 bits per heavy atom. The molecule has 0 saturated heterocycles. The zero-order valence-electron chi connectivity index (χ0n) is 13.0. The summed E-state index contributed by atoms with van der Waals surface area (Å²) in [5.74, 6) is -0.290. The third kappa shape index (κ3) is 4.01. The van der Waals surface area contributed by atoms with Crippen LogP contribution >= 0.6 is 12.2 Å². The molecule has 1 heterocycles. The van der Waals surface area contributed by atoms with Gasteiger partial charge in [0, 0.05) is 17.9 Å². The molecule has 0 spiro atoms. The first-order valence-electron chi connectivity index (χ1n) is 7.25. The fraction of sp³-hybridized carbons (Fsp3) is 0.294. The average molecular weight is 317 g/mol. The predicted octanol–water partition coefficient (Wildman–Crippen LogP) is 4.39. The third-order valence-electron chi connectivity index (χ3n) is 3.40. The molecule has 1 N–H and O–H groups in total. The van der Waals surface area contributed by atoms with Gasteiger partial charge in [-0.3, -0.25) is 4.98 Å². The van der Waals surface area contributed by atoms with Crippen LogP contribution in [-0.2, 0) is 0 Å². The summed E-state index contributed by atoms with van der Waals surface area (Å²) >= 11 is 5.52. The van der Waals surface area contributed by atoms with Gasteiger partial charge in [0.2, 0.25) is 0 Å². The molecule has 1 unspecified atom stereocenters. The zero-order chi connectivity index (χ0) is 16.1. The lowest BCUT2D eigenvalue weighted by atomic mass is 10.1. The molecule has 5 heteroatoms. The fourth-order valence-electron chi connectivity index (χ4n) is 2.38. The minimum absolute atomic E-state index is 0.0229. The van der Waals surface area contributed by atoms with E-state index in [1.165, 1.54) is 12.1 Å². The Labute approximate surface area is 136 Å². The summed E-state index contributed by atoms with van der Waals surface area (Å²) in [6.45, 7) is 6.19. The maximum atomic E-state index is 13.3. The predicted molar refractivity (Wildman–Crippen MR) is 92.2 cm³/mol. The highest BCUT2D eigenvalue weighted by Crippen LogP contribution is 2.22. The van der Waals surface area contributed by atoms with Crippen LogP contribution in [0.3, 0.4) is 0 Å². The average Bonchev–Trinajstić information content (AvgIpc) is 2.47. The number of hydrogen-bond acceptors (Lipinski definition) is 2. The van der Waals surface area contributed by atoms with E-state index in [2.05, 4.69) is 36.0 Å². The van der Waals surface area contributed by atoms with Gasteiger partial charge in [0.1, 0.15) is 5.82 Å². The van der Waals surface area contributed by atoms with Crippen molar-refractivity contribution in [2.75, 3.05) is 5.32 Å². The van der Waals surface area contributed by atoms with E-state index in [-0.39, 0.29) is 17.9 Å². The van der Waals surface area contributed by atoms with E-state index in [0.717, 1.165) is 5.69 Å². The fourth-order valence-corrected chi connectivity index (χ4v) is 2.86. The minimum atomic E-state index is -0.290. The Balaban J connectivity index is 2.19. The third-order valence-corrected chi connectivity index (χ3v) is 3.71. The van der Waals surface area contributed by atoms with E-state index in [9.17, 15) is 4.39 Å². The molecular weight excluding hydrogens is 297 g/mol. The molecule has 1 atom stereocenters. The number of aromatic nitrogens is 1. The number of anilines is 1. The number of nitrogens with one attached hydrogen (secondary N) is 1. The molecule has 116 valence electrons. The van der Waals surface area contributed by atoms with Crippen molar-refractivity contribution in [2.45, 2.75) is 32.9 Å². The summed E-state index contributed by atoms with van der Waals surface area (Å²) in [5, 5.41) is 3.66. The van der Waals surface area contributed by atoms with Crippen LogP contribution in [0, 0.1) is 5.82 Å². The number of halogens is 1. The van der Waals surface area contributed by atoms with Gasteiger partial charge >= 0.3 is 0 Å². The van der Waals surface area contributed by atoms with Crippen molar-refractivity contribution in [3.63, 3.8) is 0 Å². The molecule has 0 aliphatic rings. The summed E-state index contributed by atoms with van der Waals surface area (Å²) in [6.07, 6.45) is 1.77. The number of nitrogens with zero attached hydrogens (tertiary/aromatic N) is 2. The SMILES string of the molecule is CC(C)N(C(=S)Nc1cccc(F)c1)C(C)c1ccccn1. The van der Waals surface area contributed by atoms with Gasteiger partial charge in [-0.25, -0.2) is 4.39 Å². The Morgan fingerprint density at radius 1 is 1.18 bits per heavy atom. The normalized spacial score (nSPS) is 12.0. The minimum Gasteiger partial charge on any atom is -0.338 e. The quantitative estimate of drug-likeness (QED) is 0.847. The lowest BCUT2D eigenvalue weighted by molar-refractivity contribution is 0.280. The highest BCUT2D eigenvalue weighted by molar-refractivity contribution is 7.80. The molecule has 0 aliphatic heterocycles. The smallest absolute Gasteiger partial charge is 0.174 e. The van der Waals surface area contributed by atoms with E-state index >= 15 is 0 Å². The summed E-state index contributed by atoms with van der Waals surface area (Å²) in [6, 6.07) is 12.3. The highest BCUT2D eigenvalue weighted by atomic mass is 32.1. The van der Waals surface area contributed by atoms with Gasteiger partial charge in [0.25, 0.3) is 0 Å². The number of rotatable bonds is 4. The maximum absolute atomic E-state index is 13.3. The van der Waals surface area contributed by atoms with E-state index in [4.69, 9.17) is 12.2 Å². The van der Waals surface area contributed by atoms with Crippen LogP contribution in [0.15, 0.2) is 48.7 Å². The molecule has 1 aromatic carbocycles. The summed E-state index contributed by atoms with van der Waals surface area (Å²) in [4.78, 5) is 6.45. The van der Waals surface area contributed by atoms with Crippen molar-refractivity contribution in [1.82, 2.24) is 9.88 Å². The van der Waals surface area contributed by atoms with Gasteiger partial charge in [-0.1, -0.05) is 12.1 Å². The van der Waals surface area contributed by atoms with Crippen molar-refractivity contribution in [1.29, 1.82) is 0 Å². The molecule has 2 aromatic rings. The molecule has 0 radical (unpaired) electrons. The van der Waals surface area contributed by atoms with Crippen LogP contribution < -0.4 is 5.32 Å².